The van der Waals surface area contributed by atoms with Crippen molar-refractivity contribution in [2.45, 2.75) is 38.8 Å². The lowest BCUT2D eigenvalue weighted by atomic mass is 10.1. The third kappa shape index (κ3) is 5.28. The number of amides is 1. The Bertz CT molecular complexity index is 269. The number of aliphatic hydroxyl groups is 1. The first kappa shape index (κ1) is 13.2. The van der Waals surface area contributed by atoms with Crippen LogP contribution in [-0.4, -0.2) is 47.2 Å². The van der Waals surface area contributed by atoms with Gasteiger partial charge in [0.1, 0.15) is 0 Å². The summed E-state index contributed by atoms with van der Waals surface area (Å²) in [5.74, 6) is -0.0627. The molecular weight excluding hydrogens is 204 g/mol. The zero-order valence-electron chi connectivity index (χ0n) is 10.4. The highest BCUT2D eigenvalue weighted by atomic mass is 16.3. The van der Waals surface area contributed by atoms with Crippen molar-refractivity contribution in [3.8, 4) is 0 Å². The fourth-order valence-corrected chi connectivity index (χ4v) is 1.70. The molecular formula is C12H22N2O2. The summed E-state index contributed by atoms with van der Waals surface area (Å²) in [4.78, 5) is 13.6. The zero-order chi connectivity index (χ0) is 12.2. The quantitative estimate of drug-likeness (QED) is 0.690. The van der Waals surface area contributed by atoms with Crippen LogP contribution >= 0.6 is 0 Å². The second kappa shape index (κ2) is 5.46. The molecule has 0 aromatic rings. The highest BCUT2D eigenvalue weighted by Gasteiger charge is 2.18. The van der Waals surface area contributed by atoms with E-state index < -0.39 is 0 Å². The van der Waals surface area contributed by atoms with E-state index in [-0.39, 0.29) is 17.6 Å². The number of hydrogen-bond acceptors (Lipinski definition) is 3. The highest BCUT2D eigenvalue weighted by Crippen LogP contribution is 2.07. The minimum atomic E-state index is -0.197. The first-order valence-corrected chi connectivity index (χ1v) is 5.76. The highest BCUT2D eigenvalue weighted by molar-refractivity contribution is 5.87. The number of rotatable bonds is 3. The van der Waals surface area contributed by atoms with Crippen LogP contribution in [0.3, 0.4) is 0 Å². The van der Waals surface area contributed by atoms with Gasteiger partial charge in [0.15, 0.2) is 0 Å². The monoisotopic (exact) mass is 226 g/mol. The Kier molecular flexibility index (Phi) is 4.50. The van der Waals surface area contributed by atoms with Gasteiger partial charge >= 0.3 is 0 Å². The lowest BCUT2D eigenvalue weighted by Gasteiger charge is -2.19. The third-order valence-corrected chi connectivity index (χ3v) is 2.38. The summed E-state index contributed by atoms with van der Waals surface area (Å²) < 4.78 is 0. The summed E-state index contributed by atoms with van der Waals surface area (Å²) in [5.41, 5.74) is -0.189. The van der Waals surface area contributed by atoms with Crippen LogP contribution in [0.25, 0.3) is 0 Å². The van der Waals surface area contributed by atoms with Gasteiger partial charge in [-0.25, -0.2) is 0 Å². The number of nitrogens with one attached hydrogen (secondary N) is 1. The molecule has 0 aromatic heterocycles. The molecule has 0 radical (unpaired) electrons. The molecule has 1 aliphatic heterocycles. The minimum absolute atomic E-state index is 0.0627. The Hall–Kier alpha value is -0.870. The molecule has 92 valence electrons. The average molecular weight is 226 g/mol. The molecule has 0 spiro atoms. The predicted molar refractivity (Wildman–Crippen MR) is 64.1 cm³/mol. The molecule has 0 saturated carbocycles. The van der Waals surface area contributed by atoms with Gasteiger partial charge in [0.05, 0.1) is 6.10 Å². The maximum Gasteiger partial charge on any atom is 0.244 e. The van der Waals surface area contributed by atoms with Gasteiger partial charge in [-0.1, -0.05) is 6.08 Å². The summed E-state index contributed by atoms with van der Waals surface area (Å²) in [6.07, 6.45) is 4.05. The van der Waals surface area contributed by atoms with E-state index in [2.05, 4.69) is 10.2 Å². The van der Waals surface area contributed by atoms with Crippen LogP contribution in [0.2, 0.25) is 0 Å². The van der Waals surface area contributed by atoms with Crippen molar-refractivity contribution in [1.29, 1.82) is 0 Å². The topological polar surface area (TPSA) is 52.6 Å². The summed E-state index contributed by atoms with van der Waals surface area (Å²) in [6.45, 7) is 8.22. The van der Waals surface area contributed by atoms with Crippen molar-refractivity contribution < 1.29 is 9.90 Å². The zero-order valence-corrected chi connectivity index (χ0v) is 10.4. The van der Waals surface area contributed by atoms with Crippen LogP contribution in [0.1, 0.15) is 27.2 Å². The average Bonchev–Trinajstić information content (AvgIpc) is 2.48. The van der Waals surface area contributed by atoms with Crippen molar-refractivity contribution in [3.05, 3.63) is 12.2 Å². The predicted octanol–water partition coefficient (Wildman–Crippen LogP) is 0.524. The van der Waals surface area contributed by atoms with Gasteiger partial charge in [-0.2, -0.15) is 0 Å². The van der Waals surface area contributed by atoms with Gasteiger partial charge in [-0.05, 0) is 27.2 Å². The molecule has 1 unspecified atom stereocenters. The summed E-state index contributed by atoms with van der Waals surface area (Å²) in [5, 5.41) is 12.2. The van der Waals surface area contributed by atoms with Crippen LogP contribution in [0.5, 0.6) is 0 Å². The molecule has 1 atom stereocenters. The lowest BCUT2D eigenvalue weighted by Crippen LogP contribution is -2.39. The van der Waals surface area contributed by atoms with E-state index in [0.29, 0.717) is 6.54 Å². The van der Waals surface area contributed by atoms with E-state index >= 15 is 0 Å². The number of β-amino-alcohol motifs (C(OH)–C–C–N with tert-alkyl or cyclic N) is 1. The van der Waals surface area contributed by atoms with E-state index in [4.69, 9.17) is 0 Å². The Morgan fingerprint density at radius 2 is 2.25 bits per heavy atom. The normalized spacial score (nSPS) is 22.9. The van der Waals surface area contributed by atoms with Gasteiger partial charge in [0, 0.05) is 31.2 Å². The Balaban J connectivity index is 2.24. The molecule has 1 saturated heterocycles. The summed E-state index contributed by atoms with van der Waals surface area (Å²) in [6, 6.07) is 0. The van der Waals surface area contributed by atoms with E-state index in [0.717, 1.165) is 19.5 Å². The van der Waals surface area contributed by atoms with Crippen molar-refractivity contribution in [2.75, 3.05) is 19.6 Å². The molecule has 2 N–H and O–H groups in total. The fraction of sp³-hybridized carbons (Fsp3) is 0.750. The molecule has 1 amide bonds. The van der Waals surface area contributed by atoms with E-state index in [1.54, 1.807) is 6.08 Å². The van der Waals surface area contributed by atoms with Crippen LogP contribution in [0.4, 0.5) is 0 Å². The van der Waals surface area contributed by atoms with Gasteiger partial charge in [-0.3, -0.25) is 9.69 Å². The molecule has 1 rings (SSSR count). The third-order valence-electron chi connectivity index (χ3n) is 2.38. The number of carbonyl (C=O) groups excluding carboxylic acids is 1. The Morgan fingerprint density at radius 1 is 1.56 bits per heavy atom. The Morgan fingerprint density at radius 3 is 2.75 bits per heavy atom. The first-order chi connectivity index (χ1) is 7.37. The second-order valence-electron chi connectivity index (χ2n) is 5.34. The van der Waals surface area contributed by atoms with Crippen molar-refractivity contribution in [2.24, 2.45) is 0 Å². The van der Waals surface area contributed by atoms with Gasteiger partial charge in [0.25, 0.3) is 0 Å². The number of nitrogens with zero attached hydrogens (tertiary/aromatic N) is 1. The lowest BCUT2D eigenvalue weighted by molar-refractivity contribution is -0.117. The first-order valence-electron chi connectivity index (χ1n) is 5.76. The van der Waals surface area contributed by atoms with Gasteiger partial charge in [0.2, 0.25) is 5.91 Å². The van der Waals surface area contributed by atoms with Crippen molar-refractivity contribution in [3.63, 3.8) is 0 Å². The van der Waals surface area contributed by atoms with Crippen molar-refractivity contribution >= 4 is 5.91 Å². The largest absolute Gasteiger partial charge is 0.392 e. The van der Waals surface area contributed by atoms with Crippen molar-refractivity contribution in [1.82, 2.24) is 10.2 Å². The summed E-state index contributed by atoms with van der Waals surface area (Å²) in [7, 11) is 0. The van der Waals surface area contributed by atoms with E-state index in [1.165, 1.54) is 0 Å². The van der Waals surface area contributed by atoms with Gasteiger partial charge in [-0.15, -0.1) is 0 Å². The molecule has 0 aromatic carbocycles. The second-order valence-corrected chi connectivity index (χ2v) is 5.34. The molecule has 16 heavy (non-hydrogen) atoms. The van der Waals surface area contributed by atoms with E-state index in [9.17, 15) is 9.90 Å². The van der Waals surface area contributed by atoms with Gasteiger partial charge < -0.3 is 10.4 Å². The molecule has 1 aliphatic rings. The maximum absolute atomic E-state index is 11.4. The van der Waals surface area contributed by atoms with Crippen LogP contribution in [0, 0.1) is 0 Å². The smallest absolute Gasteiger partial charge is 0.244 e. The van der Waals surface area contributed by atoms with Crippen LogP contribution in [0.15, 0.2) is 12.2 Å². The fourth-order valence-electron chi connectivity index (χ4n) is 1.70. The molecule has 1 fully saturated rings. The summed E-state index contributed by atoms with van der Waals surface area (Å²) >= 11 is 0. The number of carbonyl (C=O) groups is 1. The molecule has 4 nitrogen and oxygen atoms in total. The van der Waals surface area contributed by atoms with Crippen LogP contribution in [-0.2, 0) is 4.79 Å². The number of hydrogen-bond donors (Lipinski definition) is 2. The number of aliphatic hydroxyl groups excluding tert-OH is 1. The minimum Gasteiger partial charge on any atom is -0.392 e. The number of likely N-dealkylation sites (tertiary alicyclic amines) is 1. The standard InChI is InChI=1S/C12H22N2O2/c1-12(2,3)13-11(16)5-4-7-14-8-6-10(15)9-14/h4-5,10,15H,6-9H2,1-3H3,(H,13,16)/b5-4+. The SMILES string of the molecule is CC(C)(C)NC(=O)/C=C/CN1CCC(O)C1. The van der Waals surface area contributed by atoms with Crippen LogP contribution < -0.4 is 5.32 Å². The molecule has 4 heteroatoms. The van der Waals surface area contributed by atoms with E-state index in [1.807, 2.05) is 26.8 Å². The molecule has 1 heterocycles. The molecule has 0 aliphatic carbocycles. The Labute approximate surface area is 97.3 Å². The maximum atomic E-state index is 11.4. The molecule has 0 bridgehead atoms.